The fraction of sp³-hybridized carbons (Fsp3) is 0.500. The SMILES string of the molecule is OCC1(Cc2cccc(Cl)c2Cl)CCOC1. The van der Waals surface area contributed by atoms with Crippen LogP contribution in [-0.4, -0.2) is 24.9 Å². The van der Waals surface area contributed by atoms with Gasteiger partial charge in [-0.25, -0.2) is 0 Å². The number of aliphatic hydroxyl groups excluding tert-OH is 1. The maximum Gasteiger partial charge on any atom is 0.0624 e. The molecule has 1 saturated heterocycles. The fourth-order valence-electron chi connectivity index (χ4n) is 2.06. The van der Waals surface area contributed by atoms with Crippen LogP contribution in [0.5, 0.6) is 0 Å². The summed E-state index contributed by atoms with van der Waals surface area (Å²) in [6.07, 6.45) is 1.58. The molecule has 1 fully saturated rings. The van der Waals surface area contributed by atoms with Crippen molar-refractivity contribution >= 4 is 23.2 Å². The summed E-state index contributed by atoms with van der Waals surface area (Å²) in [6.45, 7) is 1.42. The molecule has 1 aliphatic rings. The highest BCUT2D eigenvalue weighted by molar-refractivity contribution is 6.42. The van der Waals surface area contributed by atoms with E-state index in [1.165, 1.54) is 0 Å². The number of hydrogen-bond acceptors (Lipinski definition) is 2. The lowest BCUT2D eigenvalue weighted by Gasteiger charge is -2.25. The Morgan fingerprint density at radius 2 is 2.19 bits per heavy atom. The Labute approximate surface area is 105 Å². The van der Waals surface area contributed by atoms with Crippen LogP contribution in [0.15, 0.2) is 18.2 Å². The molecular weight excluding hydrogens is 247 g/mol. The van der Waals surface area contributed by atoms with Crippen molar-refractivity contribution in [3.8, 4) is 0 Å². The van der Waals surface area contributed by atoms with Gasteiger partial charge in [-0.1, -0.05) is 35.3 Å². The number of benzene rings is 1. The van der Waals surface area contributed by atoms with Gasteiger partial charge in [0.15, 0.2) is 0 Å². The molecule has 1 aromatic carbocycles. The molecule has 88 valence electrons. The monoisotopic (exact) mass is 260 g/mol. The van der Waals surface area contributed by atoms with Gasteiger partial charge in [-0.05, 0) is 24.5 Å². The third-order valence-electron chi connectivity index (χ3n) is 3.12. The fourth-order valence-corrected chi connectivity index (χ4v) is 2.45. The molecule has 0 amide bonds. The van der Waals surface area contributed by atoms with Gasteiger partial charge in [0.05, 0.1) is 23.3 Å². The van der Waals surface area contributed by atoms with Crippen molar-refractivity contribution < 1.29 is 9.84 Å². The largest absolute Gasteiger partial charge is 0.396 e. The van der Waals surface area contributed by atoms with Crippen LogP contribution in [0.3, 0.4) is 0 Å². The van der Waals surface area contributed by atoms with E-state index in [0.29, 0.717) is 29.7 Å². The van der Waals surface area contributed by atoms with Crippen LogP contribution in [0, 0.1) is 5.41 Å². The molecule has 1 heterocycles. The minimum absolute atomic E-state index is 0.121. The molecular formula is C12H14Cl2O2. The van der Waals surface area contributed by atoms with E-state index in [9.17, 15) is 5.11 Å². The molecule has 0 aromatic heterocycles. The highest BCUT2D eigenvalue weighted by atomic mass is 35.5. The van der Waals surface area contributed by atoms with Crippen molar-refractivity contribution in [2.75, 3.05) is 19.8 Å². The number of rotatable bonds is 3. The van der Waals surface area contributed by atoms with Crippen molar-refractivity contribution in [1.82, 2.24) is 0 Å². The van der Waals surface area contributed by atoms with Gasteiger partial charge in [-0.15, -0.1) is 0 Å². The Bertz CT molecular complexity index is 373. The maximum atomic E-state index is 9.48. The van der Waals surface area contributed by atoms with Gasteiger partial charge < -0.3 is 9.84 Å². The Hall–Kier alpha value is -0.280. The third kappa shape index (κ3) is 2.35. The second kappa shape index (κ2) is 4.92. The average molecular weight is 261 g/mol. The van der Waals surface area contributed by atoms with E-state index in [1.807, 2.05) is 12.1 Å². The molecule has 1 unspecified atom stereocenters. The van der Waals surface area contributed by atoms with Crippen LogP contribution in [0.4, 0.5) is 0 Å². The second-order valence-electron chi connectivity index (χ2n) is 4.35. The molecule has 2 nitrogen and oxygen atoms in total. The van der Waals surface area contributed by atoms with Crippen LogP contribution in [0.1, 0.15) is 12.0 Å². The minimum atomic E-state index is -0.186. The highest BCUT2D eigenvalue weighted by Gasteiger charge is 2.35. The lowest BCUT2D eigenvalue weighted by molar-refractivity contribution is 0.0935. The standard InChI is InChI=1S/C12H14Cl2O2/c13-10-3-1-2-9(11(10)14)6-12(7-15)4-5-16-8-12/h1-3,15H,4-8H2. The van der Waals surface area contributed by atoms with E-state index in [-0.39, 0.29) is 12.0 Å². The summed E-state index contributed by atoms with van der Waals surface area (Å²) in [5, 5.41) is 10.6. The summed E-state index contributed by atoms with van der Waals surface area (Å²) in [4.78, 5) is 0. The average Bonchev–Trinajstić information content (AvgIpc) is 2.74. The normalized spacial score (nSPS) is 24.9. The van der Waals surface area contributed by atoms with E-state index in [0.717, 1.165) is 12.0 Å². The third-order valence-corrected chi connectivity index (χ3v) is 3.98. The first-order valence-electron chi connectivity index (χ1n) is 5.28. The quantitative estimate of drug-likeness (QED) is 0.906. The van der Waals surface area contributed by atoms with Crippen LogP contribution in [0.2, 0.25) is 10.0 Å². The van der Waals surface area contributed by atoms with Crippen LogP contribution < -0.4 is 0 Å². The number of aliphatic hydroxyl groups is 1. The van der Waals surface area contributed by atoms with Gasteiger partial charge in [-0.3, -0.25) is 0 Å². The smallest absolute Gasteiger partial charge is 0.0624 e. The lowest BCUT2D eigenvalue weighted by Crippen LogP contribution is -2.28. The molecule has 4 heteroatoms. The second-order valence-corrected chi connectivity index (χ2v) is 5.14. The van der Waals surface area contributed by atoms with Crippen LogP contribution in [-0.2, 0) is 11.2 Å². The van der Waals surface area contributed by atoms with Gasteiger partial charge in [0.25, 0.3) is 0 Å². The Balaban J connectivity index is 2.22. The van der Waals surface area contributed by atoms with E-state index >= 15 is 0 Å². The first-order valence-corrected chi connectivity index (χ1v) is 6.04. The molecule has 16 heavy (non-hydrogen) atoms. The zero-order valence-electron chi connectivity index (χ0n) is 8.88. The molecule has 0 bridgehead atoms. The van der Waals surface area contributed by atoms with Crippen molar-refractivity contribution in [3.63, 3.8) is 0 Å². The summed E-state index contributed by atoms with van der Waals surface area (Å²) in [5.74, 6) is 0. The summed E-state index contributed by atoms with van der Waals surface area (Å²) in [5.41, 5.74) is 0.794. The van der Waals surface area contributed by atoms with Gasteiger partial charge in [0.1, 0.15) is 0 Å². The van der Waals surface area contributed by atoms with Crippen molar-refractivity contribution in [2.24, 2.45) is 5.41 Å². The molecule has 0 saturated carbocycles. The van der Waals surface area contributed by atoms with E-state index in [2.05, 4.69) is 0 Å². The van der Waals surface area contributed by atoms with Crippen LogP contribution >= 0.6 is 23.2 Å². The van der Waals surface area contributed by atoms with E-state index in [1.54, 1.807) is 6.07 Å². The summed E-state index contributed by atoms with van der Waals surface area (Å²) >= 11 is 12.1. The topological polar surface area (TPSA) is 29.5 Å². The van der Waals surface area contributed by atoms with Crippen LogP contribution in [0.25, 0.3) is 0 Å². The predicted octanol–water partition coefficient (Wildman–Crippen LogP) is 2.93. The predicted molar refractivity (Wildman–Crippen MR) is 65.1 cm³/mol. The maximum absolute atomic E-state index is 9.48. The summed E-state index contributed by atoms with van der Waals surface area (Å²) < 4.78 is 5.36. The number of halogens is 2. The summed E-state index contributed by atoms with van der Waals surface area (Å²) in [7, 11) is 0. The minimum Gasteiger partial charge on any atom is -0.396 e. The Morgan fingerprint density at radius 1 is 1.38 bits per heavy atom. The summed E-state index contributed by atoms with van der Waals surface area (Å²) in [6, 6.07) is 5.60. The first kappa shape index (κ1) is 12.2. The molecule has 0 spiro atoms. The molecule has 1 aliphatic heterocycles. The van der Waals surface area contributed by atoms with E-state index in [4.69, 9.17) is 27.9 Å². The van der Waals surface area contributed by atoms with Crippen molar-refractivity contribution in [3.05, 3.63) is 33.8 Å². The molecule has 1 atom stereocenters. The zero-order chi connectivity index (χ0) is 11.6. The first-order chi connectivity index (χ1) is 7.67. The number of ether oxygens (including phenoxy) is 1. The lowest BCUT2D eigenvalue weighted by atomic mass is 9.82. The molecule has 0 aliphatic carbocycles. The molecule has 2 rings (SSSR count). The zero-order valence-corrected chi connectivity index (χ0v) is 10.4. The van der Waals surface area contributed by atoms with Gasteiger partial charge in [-0.2, -0.15) is 0 Å². The van der Waals surface area contributed by atoms with Gasteiger partial charge in [0, 0.05) is 12.0 Å². The van der Waals surface area contributed by atoms with Crippen molar-refractivity contribution in [1.29, 1.82) is 0 Å². The molecule has 0 radical (unpaired) electrons. The highest BCUT2D eigenvalue weighted by Crippen LogP contribution is 2.36. The number of hydrogen-bond donors (Lipinski definition) is 1. The molecule has 1 aromatic rings. The van der Waals surface area contributed by atoms with Gasteiger partial charge in [0.2, 0.25) is 0 Å². The van der Waals surface area contributed by atoms with E-state index < -0.39 is 0 Å². The van der Waals surface area contributed by atoms with Crippen molar-refractivity contribution in [2.45, 2.75) is 12.8 Å². The Morgan fingerprint density at radius 3 is 2.81 bits per heavy atom. The van der Waals surface area contributed by atoms with Gasteiger partial charge >= 0.3 is 0 Å². The Kier molecular flexibility index (Phi) is 3.75. The molecule has 1 N–H and O–H groups in total.